The summed E-state index contributed by atoms with van der Waals surface area (Å²) in [6.45, 7) is 6.34. The summed E-state index contributed by atoms with van der Waals surface area (Å²) >= 11 is 0. The van der Waals surface area contributed by atoms with Gasteiger partial charge in [0.05, 0.1) is 13.7 Å². The summed E-state index contributed by atoms with van der Waals surface area (Å²) in [7, 11) is 4.05. The fourth-order valence-electron chi connectivity index (χ4n) is 5.19. The summed E-state index contributed by atoms with van der Waals surface area (Å²) in [6.07, 6.45) is -10.1. The largest absolute Gasteiger partial charge is 0.490 e. The number of methoxy groups -OCH3 is 3. The molecule has 4 N–H and O–H groups in total. The zero-order valence-corrected chi connectivity index (χ0v) is 23.4. The Bertz CT molecular complexity index is 1010. The van der Waals surface area contributed by atoms with Crippen LogP contribution in [0.4, 0.5) is 13.2 Å². The molecule has 8 atom stereocenters. The minimum atomic E-state index is -5.08. The number of nitrogens with one attached hydrogen (secondary N) is 1. The number of aliphatic carboxylic acids is 1. The normalized spacial score (nSPS) is 38.4. The Balaban J connectivity index is 0.000000587. The van der Waals surface area contributed by atoms with E-state index in [1.165, 1.54) is 21.3 Å². The third-order valence-corrected chi connectivity index (χ3v) is 6.83. The van der Waals surface area contributed by atoms with Crippen LogP contribution in [0.25, 0.3) is 0 Å². The summed E-state index contributed by atoms with van der Waals surface area (Å²) in [5.41, 5.74) is 2.62. The molecule has 4 heterocycles. The van der Waals surface area contributed by atoms with Crippen LogP contribution in [0.5, 0.6) is 0 Å². The lowest BCUT2D eigenvalue weighted by Gasteiger charge is -2.36. The molecule has 0 unspecified atom stereocenters. The number of fused-ring (bicyclic) bond motifs is 2. The summed E-state index contributed by atoms with van der Waals surface area (Å²) < 4.78 is 83.1. The van der Waals surface area contributed by atoms with Crippen molar-refractivity contribution in [1.82, 2.24) is 5.32 Å². The van der Waals surface area contributed by atoms with Crippen molar-refractivity contribution in [2.24, 2.45) is 5.73 Å². The average molecular weight is 605 g/mol. The molecule has 0 spiro atoms. The van der Waals surface area contributed by atoms with Gasteiger partial charge in [-0.15, -0.1) is 0 Å². The van der Waals surface area contributed by atoms with E-state index in [0.29, 0.717) is 0 Å². The summed E-state index contributed by atoms with van der Waals surface area (Å²) in [6, 6.07) is 0. The molecule has 18 heteroatoms. The lowest BCUT2D eigenvalue weighted by Crippen LogP contribution is -2.65. The number of halogens is 3. The van der Waals surface area contributed by atoms with E-state index in [4.69, 9.17) is 58.3 Å². The number of carbonyl (C=O) groups is 3. The number of rotatable bonds is 7. The fourth-order valence-corrected chi connectivity index (χ4v) is 5.19. The molecule has 4 fully saturated rings. The molecule has 0 saturated carbocycles. The second-order valence-electron chi connectivity index (χ2n) is 10.4. The molecular weight excluding hydrogens is 569 g/mol. The van der Waals surface area contributed by atoms with Gasteiger partial charge in [0, 0.05) is 20.8 Å². The minimum Gasteiger partial charge on any atom is -0.475 e. The van der Waals surface area contributed by atoms with Gasteiger partial charge in [0.2, 0.25) is 5.60 Å². The summed E-state index contributed by atoms with van der Waals surface area (Å²) in [4.78, 5) is 35.3. The first-order valence-corrected chi connectivity index (χ1v) is 12.3. The van der Waals surface area contributed by atoms with Gasteiger partial charge in [-0.25, -0.2) is 9.59 Å². The van der Waals surface area contributed by atoms with Crippen molar-refractivity contribution >= 4 is 17.8 Å². The highest BCUT2D eigenvalue weighted by Crippen LogP contribution is 2.45. The highest BCUT2D eigenvalue weighted by molar-refractivity contribution is 5.88. The summed E-state index contributed by atoms with van der Waals surface area (Å²) in [5, 5.41) is 9.84. The van der Waals surface area contributed by atoms with Crippen LogP contribution in [-0.4, -0.2) is 123 Å². The number of amides is 1. The zero-order valence-electron chi connectivity index (χ0n) is 23.4. The molecule has 4 aliphatic heterocycles. The predicted molar refractivity (Wildman–Crippen MR) is 125 cm³/mol. The monoisotopic (exact) mass is 604 g/mol. The van der Waals surface area contributed by atoms with E-state index in [1.54, 1.807) is 27.7 Å². The van der Waals surface area contributed by atoms with Crippen molar-refractivity contribution in [3.63, 3.8) is 0 Å². The molecule has 236 valence electrons. The van der Waals surface area contributed by atoms with E-state index in [9.17, 15) is 22.8 Å². The molecule has 4 saturated heterocycles. The topological polar surface area (TPSA) is 193 Å². The Morgan fingerprint density at radius 1 is 0.829 bits per heavy atom. The zero-order chi connectivity index (χ0) is 31.2. The number of carboxylic acid groups (broad SMARTS) is 1. The Hall–Kier alpha value is -2.16. The molecule has 0 aromatic heterocycles. The van der Waals surface area contributed by atoms with Crippen molar-refractivity contribution in [2.45, 2.75) is 93.6 Å². The van der Waals surface area contributed by atoms with Crippen LogP contribution < -0.4 is 11.1 Å². The van der Waals surface area contributed by atoms with Crippen LogP contribution >= 0.6 is 0 Å². The number of carboxylic acids is 1. The van der Waals surface area contributed by atoms with Gasteiger partial charge in [0.15, 0.2) is 29.8 Å². The van der Waals surface area contributed by atoms with Crippen LogP contribution in [0.1, 0.15) is 27.7 Å². The lowest BCUT2D eigenvalue weighted by atomic mass is 9.91. The third-order valence-electron chi connectivity index (χ3n) is 6.83. The van der Waals surface area contributed by atoms with E-state index in [1.807, 2.05) is 0 Å². The maximum atomic E-state index is 13.5. The van der Waals surface area contributed by atoms with Gasteiger partial charge in [-0.2, -0.15) is 13.2 Å². The first-order valence-electron chi connectivity index (χ1n) is 12.3. The number of hydrogen-bond donors (Lipinski definition) is 3. The molecule has 41 heavy (non-hydrogen) atoms. The first-order chi connectivity index (χ1) is 18.8. The van der Waals surface area contributed by atoms with Crippen molar-refractivity contribution in [3.05, 3.63) is 0 Å². The van der Waals surface area contributed by atoms with E-state index in [0.717, 1.165) is 0 Å². The second-order valence-corrected chi connectivity index (χ2v) is 10.4. The fraction of sp³-hybridized carbons (Fsp3) is 0.870. The number of ether oxygens (including phenoxy) is 9. The molecule has 15 nitrogen and oxygen atoms in total. The Kier molecular flexibility index (Phi) is 9.35. The molecule has 0 aromatic rings. The number of alkyl halides is 3. The van der Waals surface area contributed by atoms with Crippen molar-refractivity contribution in [1.29, 1.82) is 0 Å². The Labute approximate surface area is 232 Å². The standard InChI is InChI=1S/C21H34N2O11.C2HF3O2/c1-18(2)29-10-12(26-5)20(8-22,33-14(10)31-18)16(24)23-9-21(17(25)28-7)13(27-6)11-15(34-21)32-19(3,4)30-11;3-2(4,5)1(6)7/h10-15H,8-9,22H2,1-7H3,(H,23,24);(H,6,7)/t10-,11-,12-,13-,14+,15+,20+,21+;/m1./s1. The second kappa shape index (κ2) is 11.5. The van der Waals surface area contributed by atoms with Crippen LogP contribution in [0.3, 0.4) is 0 Å². The third kappa shape index (κ3) is 6.16. The van der Waals surface area contributed by atoms with E-state index in [2.05, 4.69) is 5.32 Å². The Morgan fingerprint density at radius 3 is 1.61 bits per heavy atom. The molecule has 1 amide bonds. The quantitative estimate of drug-likeness (QED) is 0.312. The molecule has 0 aromatic carbocycles. The van der Waals surface area contributed by atoms with Gasteiger partial charge in [-0.3, -0.25) is 4.79 Å². The van der Waals surface area contributed by atoms with Crippen molar-refractivity contribution in [2.75, 3.05) is 34.4 Å². The minimum absolute atomic E-state index is 0.233. The maximum Gasteiger partial charge on any atom is 0.490 e. The van der Waals surface area contributed by atoms with Crippen LogP contribution in [0, 0.1) is 0 Å². The van der Waals surface area contributed by atoms with Crippen molar-refractivity contribution < 1.29 is 75.3 Å². The van der Waals surface area contributed by atoms with Gasteiger partial charge >= 0.3 is 18.1 Å². The number of esters is 1. The van der Waals surface area contributed by atoms with Gasteiger partial charge in [-0.05, 0) is 27.7 Å². The molecule has 0 bridgehead atoms. The Morgan fingerprint density at radius 2 is 1.24 bits per heavy atom. The molecular formula is C23H35F3N2O13. The van der Waals surface area contributed by atoms with Gasteiger partial charge < -0.3 is 58.8 Å². The molecule has 0 aliphatic carbocycles. The van der Waals surface area contributed by atoms with E-state index < -0.39 is 83.8 Å². The number of hydrogen-bond acceptors (Lipinski definition) is 13. The lowest BCUT2D eigenvalue weighted by molar-refractivity contribution is -0.246. The van der Waals surface area contributed by atoms with Gasteiger partial charge in [0.1, 0.15) is 24.4 Å². The molecule has 4 aliphatic rings. The molecule has 0 radical (unpaired) electrons. The maximum absolute atomic E-state index is 13.5. The smallest absolute Gasteiger partial charge is 0.475 e. The van der Waals surface area contributed by atoms with Crippen LogP contribution in [0.15, 0.2) is 0 Å². The number of nitrogens with two attached hydrogens (primary N) is 1. The SMILES string of the molecule is COC(=O)[C@@]1(CNC(=O)[C@@]2(CN)O[C@@H]3OC(C)(C)O[C@@H]3[C@H]2OC)O[C@@H]2OC(C)(C)O[C@@H]2[C@H]1OC.O=C(O)C(F)(F)F. The molecule has 4 rings (SSSR count). The average Bonchev–Trinajstić information content (AvgIpc) is 3.52. The van der Waals surface area contributed by atoms with Gasteiger partial charge in [0.25, 0.3) is 5.91 Å². The first kappa shape index (κ1) is 33.3. The highest BCUT2D eigenvalue weighted by Gasteiger charge is 2.68. The van der Waals surface area contributed by atoms with Crippen LogP contribution in [-0.2, 0) is 57.0 Å². The summed E-state index contributed by atoms with van der Waals surface area (Å²) in [5.74, 6) is -6.00. The number of carbonyl (C=O) groups excluding carboxylic acids is 2. The van der Waals surface area contributed by atoms with E-state index in [-0.39, 0.29) is 13.1 Å². The highest BCUT2D eigenvalue weighted by atomic mass is 19.4. The van der Waals surface area contributed by atoms with E-state index >= 15 is 0 Å². The van der Waals surface area contributed by atoms with Crippen LogP contribution in [0.2, 0.25) is 0 Å². The van der Waals surface area contributed by atoms with Crippen molar-refractivity contribution in [3.8, 4) is 0 Å². The van der Waals surface area contributed by atoms with Gasteiger partial charge in [-0.1, -0.05) is 0 Å². The predicted octanol–water partition coefficient (Wildman–Crippen LogP) is -0.609.